The van der Waals surface area contributed by atoms with Gasteiger partial charge in [0.05, 0.1) is 25.4 Å². The molecule has 9 heteroatoms. The summed E-state index contributed by atoms with van der Waals surface area (Å²) in [5.41, 5.74) is 0. The van der Waals surface area contributed by atoms with Gasteiger partial charge in [0.15, 0.2) is 6.29 Å². The van der Waals surface area contributed by atoms with Gasteiger partial charge in [0.25, 0.3) is 0 Å². The molecule has 306 valence electrons. The first-order valence-corrected chi connectivity index (χ1v) is 21.6. The van der Waals surface area contributed by atoms with Gasteiger partial charge in [-0.25, -0.2) is 0 Å². The van der Waals surface area contributed by atoms with E-state index in [1.54, 1.807) is 6.08 Å². The molecule has 1 aliphatic heterocycles. The Morgan fingerprint density at radius 1 is 0.635 bits per heavy atom. The summed E-state index contributed by atoms with van der Waals surface area (Å²) in [5.74, 6) is -0.212. The van der Waals surface area contributed by atoms with Crippen molar-refractivity contribution in [3.8, 4) is 0 Å². The average molecular weight is 740 g/mol. The van der Waals surface area contributed by atoms with E-state index in [0.29, 0.717) is 6.42 Å². The number of nitrogens with one attached hydrogen (secondary N) is 1. The van der Waals surface area contributed by atoms with E-state index < -0.39 is 49.5 Å². The fourth-order valence-corrected chi connectivity index (χ4v) is 6.76. The van der Waals surface area contributed by atoms with Crippen LogP contribution in [0.3, 0.4) is 0 Å². The maximum absolute atomic E-state index is 12.5. The van der Waals surface area contributed by atoms with Crippen molar-refractivity contribution in [3.63, 3.8) is 0 Å². The highest BCUT2D eigenvalue weighted by atomic mass is 16.7. The van der Waals surface area contributed by atoms with Crippen LogP contribution >= 0.6 is 0 Å². The first-order chi connectivity index (χ1) is 25.3. The number of aliphatic hydroxyl groups is 5. The van der Waals surface area contributed by atoms with Crippen LogP contribution in [0, 0.1) is 0 Å². The molecule has 0 aromatic rings. The van der Waals surface area contributed by atoms with E-state index in [9.17, 15) is 30.3 Å². The number of carbonyl (C=O) groups is 1. The standard InChI is InChI=1S/C43H81NO8/c1-3-5-7-8-9-10-11-12-13-14-15-16-17-18-19-20-21-22-23-24-25-26-27-28-29-31-32-37(46)36(44-39(47)33-30-6-4-2)35-51-43-42(50)41(49)40(48)38(34-45)52-43/h26-27,31-32,36-38,40-43,45-46,48-50H,3-25,28-30,33-35H2,1-2H3,(H,44,47)/b27-26+,32-31+. The van der Waals surface area contributed by atoms with Crippen molar-refractivity contribution in [1.82, 2.24) is 5.32 Å². The Morgan fingerprint density at radius 2 is 1.10 bits per heavy atom. The molecule has 0 radical (unpaired) electrons. The lowest BCUT2D eigenvalue weighted by atomic mass is 9.99. The van der Waals surface area contributed by atoms with Crippen LogP contribution < -0.4 is 5.32 Å². The van der Waals surface area contributed by atoms with Gasteiger partial charge in [-0.2, -0.15) is 0 Å². The SMILES string of the molecule is CCCCCCCCCCCCCCCCCCCCCC/C=C/CC/C=C/C(O)C(COC1OC(CO)C(O)C(O)C1O)NC(=O)CCCCC. The third-order valence-corrected chi connectivity index (χ3v) is 10.3. The van der Waals surface area contributed by atoms with Gasteiger partial charge in [0, 0.05) is 6.42 Å². The Kier molecular flexibility index (Phi) is 32.0. The Hall–Kier alpha value is -1.33. The minimum Gasteiger partial charge on any atom is -0.394 e. The number of hydrogen-bond donors (Lipinski definition) is 6. The van der Waals surface area contributed by atoms with E-state index in [0.717, 1.165) is 38.5 Å². The molecule has 6 N–H and O–H groups in total. The largest absolute Gasteiger partial charge is 0.394 e. The third kappa shape index (κ3) is 24.9. The van der Waals surface area contributed by atoms with Crippen molar-refractivity contribution >= 4 is 5.91 Å². The highest BCUT2D eigenvalue weighted by Crippen LogP contribution is 2.22. The van der Waals surface area contributed by atoms with Crippen LogP contribution in [0.15, 0.2) is 24.3 Å². The molecule has 0 aromatic carbocycles. The highest BCUT2D eigenvalue weighted by Gasteiger charge is 2.44. The zero-order valence-electron chi connectivity index (χ0n) is 33.3. The molecule has 9 nitrogen and oxygen atoms in total. The number of hydrogen-bond acceptors (Lipinski definition) is 8. The normalized spacial score (nSPS) is 22.0. The summed E-state index contributed by atoms with van der Waals surface area (Å²) >= 11 is 0. The monoisotopic (exact) mass is 740 g/mol. The Labute approximate surface area is 318 Å². The van der Waals surface area contributed by atoms with Crippen molar-refractivity contribution in [2.75, 3.05) is 13.2 Å². The lowest BCUT2D eigenvalue weighted by molar-refractivity contribution is -0.302. The maximum atomic E-state index is 12.5. The molecule has 1 fully saturated rings. The highest BCUT2D eigenvalue weighted by molar-refractivity contribution is 5.76. The van der Waals surface area contributed by atoms with Crippen LogP contribution in [0.4, 0.5) is 0 Å². The number of allylic oxidation sites excluding steroid dienone is 3. The second kappa shape index (κ2) is 34.2. The summed E-state index contributed by atoms with van der Waals surface area (Å²) in [6.07, 6.45) is 33.4. The molecule has 1 rings (SSSR count). The van der Waals surface area contributed by atoms with Gasteiger partial charge in [0.2, 0.25) is 5.91 Å². The van der Waals surface area contributed by atoms with Gasteiger partial charge in [-0.05, 0) is 32.1 Å². The zero-order valence-corrected chi connectivity index (χ0v) is 33.3. The molecule has 0 saturated carbocycles. The molecule has 0 bridgehead atoms. The van der Waals surface area contributed by atoms with Crippen LogP contribution in [0.2, 0.25) is 0 Å². The molecule has 0 spiro atoms. The second-order valence-electron chi connectivity index (χ2n) is 15.1. The predicted octanol–water partition coefficient (Wildman–Crippen LogP) is 8.33. The van der Waals surface area contributed by atoms with Crippen LogP contribution in [0.1, 0.15) is 187 Å². The summed E-state index contributed by atoms with van der Waals surface area (Å²) in [6, 6.07) is -0.812. The minimum absolute atomic E-state index is 0.201. The average Bonchev–Trinajstić information content (AvgIpc) is 3.14. The summed E-state index contributed by atoms with van der Waals surface area (Å²) in [5, 5.41) is 53.5. The van der Waals surface area contributed by atoms with Crippen molar-refractivity contribution in [3.05, 3.63) is 24.3 Å². The molecule has 1 saturated heterocycles. The van der Waals surface area contributed by atoms with Crippen LogP contribution in [-0.2, 0) is 14.3 Å². The van der Waals surface area contributed by atoms with Crippen LogP contribution in [0.25, 0.3) is 0 Å². The molecule has 0 aliphatic carbocycles. The molecule has 0 aromatic heterocycles. The lowest BCUT2D eigenvalue weighted by Gasteiger charge is -2.40. The first-order valence-electron chi connectivity index (χ1n) is 21.6. The van der Waals surface area contributed by atoms with Crippen molar-refractivity contribution in [2.24, 2.45) is 0 Å². The summed E-state index contributed by atoms with van der Waals surface area (Å²) in [4.78, 5) is 12.5. The summed E-state index contributed by atoms with van der Waals surface area (Å²) in [7, 11) is 0. The van der Waals surface area contributed by atoms with Gasteiger partial charge in [-0.15, -0.1) is 0 Å². The van der Waals surface area contributed by atoms with E-state index in [2.05, 4.69) is 31.3 Å². The molecule has 1 amide bonds. The van der Waals surface area contributed by atoms with Crippen molar-refractivity contribution in [2.45, 2.75) is 230 Å². The molecular formula is C43H81NO8. The van der Waals surface area contributed by atoms with E-state index in [4.69, 9.17) is 9.47 Å². The van der Waals surface area contributed by atoms with Crippen LogP contribution in [-0.4, -0.2) is 87.5 Å². The topological polar surface area (TPSA) is 149 Å². The second-order valence-corrected chi connectivity index (χ2v) is 15.1. The van der Waals surface area contributed by atoms with Gasteiger partial charge >= 0.3 is 0 Å². The summed E-state index contributed by atoms with van der Waals surface area (Å²) in [6.45, 7) is 3.57. The van der Waals surface area contributed by atoms with E-state index in [1.165, 1.54) is 128 Å². The van der Waals surface area contributed by atoms with E-state index in [-0.39, 0.29) is 12.5 Å². The molecule has 7 atom stereocenters. The van der Waals surface area contributed by atoms with Gasteiger partial charge in [-0.1, -0.05) is 173 Å². The van der Waals surface area contributed by atoms with Crippen molar-refractivity contribution in [1.29, 1.82) is 0 Å². The summed E-state index contributed by atoms with van der Waals surface area (Å²) < 4.78 is 11.1. The molecule has 1 heterocycles. The fourth-order valence-electron chi connectivity index (χ4n) is 6.76. The Balaban J connectivity index is 2.15. The van der Waals surface area contributed by atoms with Gasteiger partial charge in [0.1, 0.15) is 24.4 Å². The maximum Gasteiger partial charge on any atom is 0.220 e. The number of carbonyl (C=O) groups excluding carboxylic acids is 1. The number of unbranched alkanes of at least 4 members (excludes halogenated alkanes) is 23. The number of rotatable bonds is 35. The quantitative estimate of drug-likeness (QED) is 0.0281. The third-order valence-electron chi connectivity index (χ3n) is 10.3. The Morgan fingerprint density at radius 3 is 1.62 bits per heavy atom. The molecular weight excluding hydrogens is 658 g/mol. The lowest BCUT2D eigenvalue weighted by Crippen LogP contribution is -2.60. The number of amides is 1. The number of ether oxygens (including phenoxy) is 2. The Bertz CT molecular complexity index is 868. The molecule has 1 aliphatic rings. The smallest absolute Gasteiger partial charge is 0.220 e. The molecule has 7 unspecified atom stereocenters. The van der Waals surface area contributed by atoms with Crippen LogP contribution in [0.5, 0.6) is 0 Å². The predicted molar refractivity (Wildman–Crippen MR) is 212 cm³/mol. The minimum atomic E-state index is -1.57. The van der Waals surface area contributed by atoms with Crippen molar-refractivity contribution < 1.29 is 39.8 Å². The van der Waals surface area contributed by atoms with E-state index >= 15 is 0 Å². The fraction of sp³-hybridized carbons (Fsp3) is 0.884. The first kappa shape index (κ1) is 48.7. The van der Waals surface area contributed by atoms with Gasteiger partial charge < -0.3 is 40.3 Å². The van der Waals surface area contributed by atoms with E-state index in [1.807, 2.05) is 6.08 Å². The molecule has 52 heavy (non-hydrogen) atoms. The number of aliphatic hydroxyl groups excluding tert-OH is 5. The van der Waals surface area contributed by atoms with Gasteiger partial charge in [-0.3, -0.25) is 4.79 Å². The zero-order chi connectivity index (χ0) is 38.1.